The Balaban J connectivity index is 1.74. The number of allylic oxidation sites excluding steroid dienone is 3. The smallest absolute Gasteiger partial charge is 0.352 e. The normalized spacial score (nSPS) is 12.2. The monoisotopic (exact) mass is 466 g/mol. The Hall–Kier alpha value is -3.94. The van der Waals surface area contributed by atoms with E-state index in [0.717, 1.165) is 23.6 Å². The fraction of sp³-hybridized carbons (Fsp3) is 0.192. The number of rotatable bonds is 9. The largest absolute Gasteiger partial charge is 0.433 e. The predicted octanol–water partition coefficient (Wildman–Crippen LogP) is 5.52. The van der Waals surface area contributed by atoms with Crippen molar-refractivity contribution in [1.82, 2.24) is 15.1 Å². The first-order valence-electron chi connectivity index (χ1n) is 10.7. The number of hydrogen-bond donors (Lipinski definition) is 1. The summed E-state index contributed by atoms with van der Waals surface area (Å²) < 4.78 is 41.9. The average Bonchev–Trinajstić information content (AvgIpc) is 3.28. The number of aromatic nitrogens is 2. The fourth-order valence-electron chi connectivity index (χ4n) is 3.38. The number of aryl methyl sites for hydroxylation is 1. The summed E-state index contributed by atoms with van der Waals surface area (Å²) in [6.07, 6.45) is 1.40. The average molecular weight is 467 g/mol. The Bertz CT molecular complexity index is 1180. The molecule has 5 nitrogen and oxygen atoms in total. The van der Waals surface area contributed by atoms with Crippen LogP contribution in [0.15, 0.2) is 84.4 Å². The van der Waals surface area contributed by atoms with Gasteiger partial charge in [-0.3, -0.25) is 9.79 Å². The van der Waals surface area contributed by atoms with Crippen LogP contribution in [0.4, 0.5) is 13.2 Å². The van der Waals surface area contributed by atoms with Crippen LogP contribution in [0.5, 0.6) is 0 Å². The molecule has 0 aliphatic rings. The van der Waals surface area contributed by atoms with Crippen LogP contribution < -0.4 is 5.32 Å². The van der Waals surface area contributed by atoms with Crippen LogP contribution in [0.25, 0.3) is 11.3 Å². The number of hydrogen-bond acceptors (Lipinski definition) is 3. The lowest BCUT2D eigenvalue weighted by Crippen LogP contribution is -2.24. The predicted molar refractivity (Wildman–Crippen MR) is 128 cm³/mol. The molecule has 1 amide bonds. The van der Waals surface area contributed by atoms with E-state index in [0.29, 0.717) is 17.7 Å². The first-order chi connectivity index (χ1) is 16.3. The highest BCUT2D eigenvalue weighted by Crippen LogP contribution is 2.33. The number of carbonyl (C=O) groups excluding carboxylic acids is 1. The molecule has 0 radical (unpaired) electrons. The van der Waals surface area contributed by atoms with Crippen LogP contribution in [0.1, 0.15) is 33.7 Å². The van der Waals surface area contributed by atoms with Crippen molar-refractivity contribution in [1.29, 1.82) is 0 Å². The van der Waals surface area contributed by atoms with Gasteiger partial charge in [-0.05, 0) is 48.7 Å². The van der Waals surface area contributed by atoms with E-state index in [4.69, 9.17) is 0 Å². The molecule has 3 aromatic rings. The van der Waals surface area contributed by atoms with Gasteiger partial charge in [0.05, 0.1) is 11.4 Å². The number of aliphatic imine (C=N–C) groups is 1. The number of alkyl halides is 3. The maximum absolute atomic E-state index is 13.7. The maximum Gasteiger partial charge on any atom is 0.433 e. The number of carbonyl (C=O) groups is 1. The second-order valence-electron chi connectivity index (χ2n) is 7.46. The van der Waals surface area contributed by atoms with Gasteiger partial charge >= 0.3 is 6.18 Å². The van der Waals surface area contributed by atoms with E-state index < -0.39 is 11.9 Å². The zero-order chi connectivity index (χ0) is 24.6. The molecule has 0 atom stereocenters. The molecule has 0 fully saturated rings. The Morgan fingerprint density at radius 1 is 1.15 bits per heavy atom. The van der Waals surface area contributed by atoms with E-state index in [1.54, 1.807) is 0 Å². The second kappa shape index (κ2) is 11.3. The van der Waals surface area contributed by atoms with Gasteiger partial charge in [0.2, 0.25) is 0 Å². The van der Waals surface area contributed by atoms with Crippen molar-refractivity contribution in [3.8, 4) is 5.69 Å². The van der Waals surface area contributed by atoms with Crippen LogP contribution in [-0.2, 0) is 12.6 Å². The SMILES string of the molecule is C=C/C=C(\C=NC)c1cc(C(F)(F)F)n(-c2ccc(C(=O)NCCCc3ccccc3)cc2)n1. The molecule has 0 aliphatic carbocycles. The van der Waals surface area contributed by atoms with Gasteiger partial charge in [0.1, 0.15) is 5.69 Å². The minimum Gasteiger partial charge on any atom is -0.352 e. The second-order valence-corrected chi connectivity index (χ2v) is 7.46. The lowest BCUT2D eigenvalue weighted by molar-refractivity contribution is -0.142. The Morgan fingerprint density at radius 2 is 1.85 bits per heavy atom. The van der Waals surface area contributed by atoms with E-state index in [1.807, 2.05) is 30.3 Å². The Morgan fingerprint density at radius 3 is 2.47 bits per heavy atom. The Labute approximate surface area is 196 Å². The van der Waals surface area contributed by atoms with Crippen LogP contribution in [0.3, 0.4) is 0 Å². The van der Waals surface area contributed by atoms with Crippen molar-refractivity contribution in [3.63, 3.8) is 0 Å². The number of halogens is 3. The van der Waals surface area contributed by atoms with Gasteiger partial charge in [-0.15, -0.1) is 0 Å². The lowest BCUT2D eigenvalue weighted by atomic mass is 10.1. The minimum absolute atomic E-state index is 0.109. The highest BCUT2D eigenvalue weighted by atomic mass is 19.4. The molecule has 1 aromatic heterocycles. The molecule has 34 heavy (non-hydrogen) atoms. The van der Waals surface area contributed by atoms with Gasteiger partial charge in [0, 0.05) is 30.9 Å². The van der Waals surface area contributed by atoms with Crippen LogP contribution >= 0.6 is 0 Å². The molecular weight excluding hydrogens is 441 g/mol. The van der Waals surface area contributed by atoms with E-state index in [9.17, 15) is 18.0 Å². The van der Waals surface area contributed by atoms with Crippen molar-refractivity contribution in [2.75, 3.05) is 13.6 Å². The summed E-state index contributed by atoms with van der Waals surface area (Å²) in [4.78, 5) is 16.3. The number of benzene rings is 2. The highest BCUT2D eigenvalue weighted by molar-refractivity contribution is 6.09. The number of amides is 1. The molecule has 1 heterocycles. The van der Waals surface area contributed by atoms with Gasteiger partial charge in [-0.25, -0.2) is 4.68 Å². The first-order valence-corrected chi connectivity index (χ1v) is 10.7. The molecule has 1 N–H and O–H groups in total. The summed E-state index contributed by atoms with van der Waals surface area (Å²) in [6.45, 7) is 4.07. The fourth-order valence-corrected chi connectivity index (χ4v) is 3.38. The molecule has 3 rings (SSSR count). The van der Waals surface area contributed by atoms with Crippen molar-refractivity contribution >= 4 is 17.7 Å². The summed E-state index contributed by atoms with van der Waals surface area (Å²) in [6, 6.07) is 16.8. The molecule has 2 aromatic carbocycles. The summed E-state index contributed by atoms with van der Waals surface area (Å²) in [5, 5.41) is 6.98. The third-order valence-electron chi connectivity index (χ3n) is 5.01. The molecule has 0 unspecified atom stereocenters. The first kappa shape index (κ1) is 24.7. The summed E-state index contributed by atoms with van der Waals surface area (Å²) in [5.41, 5.74) is 1.31. The maximum atomic E-state index is 13.7. The van der Waals surface area contributed by atoms with Crippen LogP contribution in [-0.4, -0.2) is 35.5 Å². The Kier molecular flexibility index (Phi) is 8.19. The number of nitrogens with zero attached hydrogens (tertiary/aromatic N) is 3. The van der Waals surface area contributed by atoms with Crippen molar-refractivity contribution in [2.24, 2.45) is 4.99 Å². The lowest BCUT2D eigenvalue weighted by Gasteiger charge is -2.11. The van der Waals surface area contributed by atoms with Crippen LogP contribution in [0, 0.1) is 0 Å². The molecule has 0 bridgehead atoms. The summed E-state index contributed by atoms with van der Waals surface area (Å²) in [7, 11) is 1.52. The van der Waals surface area contributed by atoms with Crippen molar-refractivity contribution in [2.45, 2.75) is 19.0 Å². The van der Waals surface area contributed by atoms with Gasteiger partial charge < -0.3 is 5.32 Å². The van der Waals surface area contributed by atoms with E-state index >= 15 is 0 Å². The molecule has 0 aliphatic heterocycles. The topological polar surface area (TPSA) is 59.3 Å². The zero-order valence-electron chi connectivity index (χ0n) is 18.7. The van der Waals surface area contributed by atoms with E-state index in [2.05, 4.69) is 22.0 Å². The van der Waals surface area contributed by atoms with Gasteiger partial charge in [0.25, 0.3) is 5.91 Å². The van der Waals surface area contributed by atoms with Crippen molar-refractivity contribution < 1.29 is 18.0 Å². The molecular formula is C26H25F3N4O. The zero-order valence-corrected chi connectivity index (χ0v) is 18.7. The van der Waals surface area contributed by atoms with Crippen molar-refractivity contribution in [3.05, 3.63) is 102 Å². The third-order valence-corrected chi connectivity index (χ3v) is 5.01. The quantitative estimate of drug-likeness (QED) is 0.256. The minimum atomic E-state index is -4.62. The highest BCUT2D eigenvalue weighted by Gasteiger charge is 2.36. The standard InChI is InChI=1S/C26H25F3N4O/c1-3-8-21(18-30-2)23-17-24(26(27,28)29)33(32-23)22-14-12-20(13-15-22)25(34)31-16-7-11-19-9-5-4-6-10-19/h3-6,8-10,12-15,17-18H,1,7,11,16H2,2H3,(H,31,34)/b21-8+,30-18?. The molecule has 8 heteroatoms. The summed E-state index contributed by atoms with van der Waals surface area (Å²) >= 11 is 0. The van der Waals surface area contributed by atoms with Gasteiger partial charge in [-0.2, -0.15) is 18.3 Å². The van der Waals surface area contributed by atoms with Gasteiger partial charge in [-0.1, -0.05) is 49.1 Å². The van der Waals surface area contributed by atoms with Crippen LogP contribution in [0.2, 0.25) is 0 Å². The molecule has 0 spiro atoms. The molecule has 176 valence electrons. The molecule has 0 saturated heterocycles. The third kappa shape index (κ3) is 6.31. The summed E-state index contributed by atoms with van der Waals surface area (Å²) in [5.74, 6) is -0.285. The van der Waals surface area contributed by atoms with E-state index in [1.165, 1.54) is 55.2 Å². The van der Waals surface area contributed by atoms with Gasteiger partial charge in [0.15, 0.2) is 0 Å². The molecule has 0 saturated carbocycles. The van der Waals surface area contributed by atoms with E-state index in [-0.39, 0.29) is 17.3 Å². The number of nitrogens with one attached hydrogen (secondary N) is 1.